The van der Waals surface area contributed by atoms with E-state index in [2.05, 4.69) is 5.32 Å². The van der Waals surface area contributed by atoms with Gasteiger partial charge in [-0.25, -0.2) is 9.18 Å². The van der Waals surface area contributed by atoms with Gasteiger partial charge in [-0.2, -0.15) is 0 Å². The summed E-state index contributed by atoms with van der Waals surface area (Å²) in [7, 11) is 0. The van der Waals surface area contributed by atoms with Gasteiger partial charge in [-0.15, -0.1) is 0 Å². The van der Waals surface area contributed by atoms with Gasteiger partial charge in [-0.05, 0) is 44.9 Å². The number of anilines is 1. The van der Waals surface area contributed by atoms with E-state index in [1.54, 1.807) is 0 Å². The summed E-state index contributed by atoms with van der Waals surface area (Å²) >= 11 is 0. The molecule has 3 N–H and O–H groups in total. The van der Waals surface area contributed by atoms with Crippen LogP contribution in [0.4, 0.5) is 10.1 Å². The minimum Gasteiger partial charge on any atom is -0.452 e. The molecule has 116 valence electrons. The lowest BCUT2D eigenvalue weighted by atomic mass is 10.0. The average Bonchev–Trinajstić information content (AvgIpc) is 2.39. The van der Waals surface area contributed by atoms with Crippen LogP contribution in [0.1, 0.15) is 43.1 Å². The van der Waals surface area contributed by atoms with Gasteiger partial charge in [0.15, 0.2) is 6.61 Å². The zero-order chi connectivity index (χ0) is 16.2. The highest BCUT2D eigenvalue weighted by molar-refractivity contribution is 5.92. The first kappa shape index (κ1) is 16.9. The van der Waals surface area contributed by atoms with Gasteiger partial charge < -0.3 is 15.8 Å². The van der Waals surface area contributed by atoms with Crippen molar-refractivity contribution in [1.82, 2.24) is 5.32 Å². The number of ether oxygens (including phenoxy) is 1. The molecule has 21 heavy (non-hydrogen) atoms. The number of nitrogens with two attached hydrogens (primary N) is 1. The number of halogens is 1. The molecule has 1 aromatic rings. The quantitative estimate of drug-likeness (QED) is 0.644. The number of benzene rings is 1. The number of carbonyl (C=O) groups is 2. The number of esters is 1. The second-order valence-corrected chi connectivity index (χ2v) is 5.56. The minimum absolute atomic E-state index is 0.249. The topological polar surface area (TPSA) is 81.4 Å². The zero-order valence-corrected chi connectivity index (χ0v) is 12.7. The molecule has 0 fully saturated rings. The molecule has 0 atom stereocenters. The first-order valence-corrected chi connectivity index (χ1v) is 6.70. The number of nitrogens with one attached hydrogen (secondary N) is 1. The highest BCUT2D eigenvalue weighted by atomic mass is 19.1. The van der Waals surface area contributed by atoms with Gasteiger partial charge in [0.2, 0.25) is 0 Å². The van der Waals surface area contributed by atoms with Crippen LogP contribution >= 0.6 is 0 Å². The van der Waals surface area contributed by atoms with E-state index in [0.29, 0.717) is 0 Å². The molecule has 0 spiro atoms. The molecule has 0 saturated heterocycles. The van der Waals surface area contributed by atoms with Gasteiger partial charge in [0, 0.05) is 11.2 Å². The molecule has 0 radical (unpaired) electrons. The van der Waals surface area contributed by atoms with Crippen LogP contribution in [0.3, 0.4) is 0 Å². The molecule has 1 rings (SSSR count). The van der Waals surface area contributed by atoms with E-state index < -0.39 is 24.3 Å². The highest BCUT2D eigenvalue weighted by Gasteiger charge is 2.20. The summed E-state index contributed by atoms with van der Waals surface area (Å²) in [5, 5.41) is 2.72. The first-order valence-electron chi connectivity index (χ1n) is 6.70. The van der Waals surface area contributed by atoms with Crippen molar-refractivity contribution in [2.24, 2.45) is 0 Å². The fourth-order valence-electron chi connectivity index (χ4n) is 1.66. The van der Waals surface area contributed by atoms with E-state index >= 15 is 0 Å². The van der Waals surface area contributed by atoms with E-state index in [1.165, 1.54) is 19.1 Å². The summed E-state index contributed by atoms with van der Waals surface area (Å²) < 4.78 is 18.6. The van der Waals surface area contributed by atoms with E-state index in [9.17, 15) is 14.0 Å². The molecule has 0 aliphatic rings. The molecule has 0 aliphatic carbocycles. The summed E-state index contributed by atoms with van der Waals surface area (Å²) in [6, 6.07) is 2.61. The van der Waals surface area contributed by atoms with Crippen molar-refractivity contribution in [2.45, 2.75) is 39.7 Å². The average molecular weight is 296 g/mol. The Morgan fingerprint density at radius 1 is 1.38 bits per heavy atom. The van der Waals surface area contributed by atoms with Gasteiger partial charge >= 0.3 is 5.97 Å². The largest absolute Gasteiger partial charge is 0.452 e. The van der Waals surface area contributed by atoms with Crippen LogP contribution < -0.4 is 11.1 Å². The Morgan fingerprint density at radius 2 is 2.00 bits per heavy atom. The predicted octanol–water partition coefficient (Wildman–Crippen LogP) is 2.18. The Labute approximate surface area is 123 Å². The maximum atomic E-state index is 13.8. The molecule has 5 nitrogen and oxygen atoms in total. The van der Waals surface area contributed by atoms with E-state index in [4.69, 9.17) is 10.5 Å². The van der Waals surface area contributed by atoms with Gasteiger partial charge in [0.05, 0.1) is 5.56 Å². The van der Waals surface area contributed by atoms with Crippen LogP contribution in [0.2, 0.25) is 0 Å². The maximum Gasteiger partial charge on any atom is 0.341 e. The second-order valence-electron chi connectivity index (χ2n) is 5.56. The van der Waals surface area contributed by atoms with Crippen molar-refractivity contribution in [3.63, 3.8) is 0 Å². The highest BCUT2D eigenvalue weighted by Crippen LogP contribution is 2.18. The summed E-state index contributed by atoms with van der Waals surface area (Å²) in [5.74, 6) is -2.04. The Morgan fingerprint density at radius 3 is 2.57 bits per heavy atom. The van der Waals surface area contributed by atoms with Gasteiger partial charge in [-0.3, -0.25) is 4.79 Å². The molecule has 0 unspecified atom stereocenters. The number of hydrogen-bond donors (Lipinski definition) is 2. The van der Waals surface area contributed by atoms with Crippen molar-refractivity contribution >= 4 is 17.6 Å². The van der Waals surface area contributed by atoms with Crippen LogP contribution in [0.15, 0.2) is 12.1 Å². The number of amides is 1. The van der Waals surface area contributed by atoms with Gasteiger partial charge in [-0.1, -0.05) is 6.92 Å². The number of hydrogen-bond acceptors (Lipinski definition) is 4. The van der Waals surface area contributed by atoms with E-state index in [0.717, 1.165) is 6.42 Å². The SMILES string of the molecule is CCC(C)(C)NC(=O)COC(=O)c1cc(N)cc(C)c1F. The molecule has 0 heterocycles. The Balaban J connectivity index is 2.69. The molecular formula is C15H21FN2O3. The molecular weight excluding hydrogens is 275 g/mol. The third kappa shape index (κ3) is 4.73. The molecule has 6 heteroatoms. The maximum absolute atomic E-state index is 13.8. The molecule has 0 aromatic heterocycles. The van der Waals surface area contributed by atoms with Crippen molar-refractivity contribution in [2.75, 3.05) is 12.3 Å². The number of aryl methyl sites for hydroxylation is 1. The molecule has 0 bridgehead atoms. The van der Waals surface area contributed by atoms with Crippen LogP contribution in [0.25, 0.3) is 0 Å². The molecule has 1 aromatic carbocycles. The third-order valence-electron chi connectivity index (χ3n) is 3.19. The number of carbonyl (C=O) groups excluding carboxylic acids is 2. The fraction of sp³-hybridized carbons (Fsp3) is 0.467. The van der Waals surface area contributed by atoms with Crippen molar-refractivity contribution in [3.8, 4) is 0 Å². The lowest BCUT2D eigenvalue weighted by Crippen LogP contribution is -2.44. The van der Waals surface area contributed by atoms with Crippen molar-refractivity contribution in [3.05, 3.63) is 29.1 Å². The van der Waals surface area contributed by atoms with Crippen LogP contribution in [-0.4, -0.2) is 24.0 Å². The number of rotatable bonds is 5. The number of nitrogen functional groups attached to an aromatic ring is 1. The normalized spacial score (nSPS) is 11.1. The van der Waals surface area contributed by atoms with E-state index in [-0.39, 0.29) is 22.4 Å². The first-order chi connectivity index (χ1) is 9.66. The lowest BCUT2D eigenvalue weighted by Gasteiger charge is -2.24. The molecule has 0 aliphatic heterocycles. The third-order valence-corrected chi connectivity index (χ3v) is 3.19. The second kappa shape index (κ2) is 6.56. The predicted molar refractivity (Wildman–Crippen MR) is 78.3 cm³/mol. The molecule has 1 amide bonds. The van der Waals surface area contributed by atoms with Gasteiger partial charge in [0.1, 0.15) is 5.82 Å². The zero-order valence-electron chi connectivity index (χ0n) is 12.7. The fourth-order valence-corrected chi connectivity index (χ4v) is 1.66. The molecule has 0 saturated carbocycles. The van der Waals surface area contributed by atoms with Crippen LogP contribution in [0.5, 0.6) is 0 Å². The van der Waals surface area contributed by atoms with Gasteiger partial charge in [0.25, 0.3) is 5.91 Å². The Bertz CT molecular complexity index is 556. The van der Waals surface area contributed by atoms with Crippen molar-refractivity contribution in [1.29, 1.82) is 0 Å². The van der Waals surface area contributed by atoms with Crippen LogP contribution in [-0.2, 0) is 9.53 Å². The summed E-state index contributed by atoms with van der Waals surface area (Å²) in [6.45, 7) is 6.67. The monoisotopic (exact) mass is 296 g/mol. The summed E-state index contributed by atoms with van der Waals surface area (Å²) in [4.78, 5) is 23.5. The summed E-state index contributed by atoms with van der Waals surface area (Å²) in [5.41, 5.74) is 5.42. The lowest BCUT2D eigenvalue weighted by molar-refractivity contribution is -0.125. The Kier molecular flexibility index (Phi) is 5.29. The minimum atomic E-state index is -0.910. The Hall–Kier alpha value is -2.11. The van der Waals surface area contributed by atoms with E-state index in [1.807, 2.05) is 20.8 Å². The standard InChI is InChI=1S/C15H21FN2O3/c1-5-15(3,4)18-12(19)8-21-14(20)11-7-10(17)6-9(2)13(11)16/h6-7H,5,8,17H2,1-4H3,(H,18,19). The van der Waals surface area contributed by atoms with Crippen LogP contribution in [0, 0.1) is 12.7 Å². The summed E-state index contributed by atoms with van der Waals surface area (Å²) in [6.07, 6.45) is 0.732. The van der Waals surface area contributed by atoms with Crippen molar-refractivity contribution < 1.29 is 18.7 Å². The smallest absolute Gasteiger partial charge is 0.341 e.